The van der Waals surface area contributed by atoms with Crippen molar-refractivity contribution in [3.63, 3.8) is 0 Å². The number of amides is 2. The van der Waals surface area contributed by atoms with Gasteiger partial charge in [-0.3, -0.25) is 19.3 Å². The molecule has 0 spiro atoms. The van der Waals surface area contributed by atoms with E-state index in [2.05, 4.69) is 46.2 Å². The Bertz CT molecular complexity index is 1330. The van der Waals surface area contributed by atoms with Crippen LogP contribution in [0.25, 0.3) is 0 Å². The minimum absolute atomic E-state index is 0.0324. The summed E-state index contributed by atoms with van der Waals surface area (Å²) in [6.45, 7) is 11.5. The number of hydrogen-bond acceptors (Lipinski definition) is 6. The third-order valence-corrected chi connectivity index (χ3v) is 9.22. The minimum atomic E-state index is -0.381. The summed E-state index contributed by atoms with van der Waals surface area (Å²) < 4.78 is 13.4. The van der Waals surface area contributed by atoms with Gasteiger partial charge in [-0.25, -0.2) is 4.39 Å². The van der Waals surface area contributed by atoms with Crippen molar-refractivity contribution >= 4 is 17.5 Å². The van der Waals surface area contributed by atoms with Crippen molar-refractivity contribution in [2.45, 2.75) is 64.0 Å². The lowest BCUT2D eigenvalue weighted by Gasteiger charge is -2.43. The van der Waals surface area contributed by atoms with Crippen LogP contribution in [0, 0.1) is 11.7 Å². The van der Waals surface area contributed by atoms with Gasteiger partial charge in [-0.05, 0) is 62.5 Å². The number of likely N-dealkylation sites (tertiary alicyclic amines) is 1. The van der Waals surface area contributed by atoms with Crippen LogP contribution in [0.4, 0.5) is 10.1 Å². The molecular formula is C32H45FN6O3. The number of piperidine rings is 1. The molecule has 42 heavy (non-hydrogen) atoms. The second-order valence-corrected chi connectivity index (χ2v) is 13.1. The maximum Gasteiger partial charge on any atom is 0.251 e. The Hall–Kier alpha value is -3.08. The smallest absolute Gasteiger partial charge is 0.251 e. The molecule has 2 aromatic rings. The van der Waals surface area contributed by atoms with Crippen LogP contribution in [-0.2, 0) is 21.4 Å². The Morgan fingerprint density at radius 2 is 1.86 bits per heavy atom. The summed E-state index contributed by atoms with van der Waals surface area (Å²) in [6.07, 6.45) is 2.99. The summed E-state index contributed by atoms with van der Waals surface area (Å²) in [5, 5.41) is 6.33. The molecule has 10 heteroatoms. The molecule has 3 N–H and O–H groups in total. The number of fused-ring (bicyclic) bond motifs is 1. The lowest BCUT2D eigenvalue weighted by Crippen LogP contribution is -2.61. The molecule has 0 unspecified atom stereocenters. The number of nitrogens with one attached hydrogen (secondary N) is 3. The van der Waals surface area contributed by atoms with E-state index in [1.165, 1.54) is 12.1 Å². The van der Waals surface area contributed by atoms with Crippen LogP contribution in [0.5, 0.6) is 0 Å². The molecule has 3 aliphatic rings. The summed E-state index contributed by atoms with van der Waals surface area (Å²) in [6, 6.07) is 8.51. The summed E-state index contributed by atoms with van der Waals surface area (Å²) in [4.78, 5) is 48.5. The molecule has 2 amide bonds. The van der Waals surface area contributed by atoms with Crippen molar-refractivity contribution in [2.24, 2.45) is 5.92 Å². The molecule has 2 saturated heterocycles. The first-order chi connectivity index (χ1) is 20.0. The highest BCUT2D eigenvalue weighted by Gasteiger charge is 2.41. The van der Waals surface area contributed by atoms with Gasteiger partial charge in [0.2, 0.25) is 11.8 Å². The first kappa shape index (κ1) is 30.4. The van der Waals surface area contributed by atoms with Crippen LogP contribution >= 0.6 is 0 Å². The number of rotatable bonds is 8. The van der Waals surface area contributed by atoms with Crippen molar-refractivity contribution in [3.8, 4) is 0 Å². The van der Waals surface area contributed by atoms with Gasteiger partial charge >= 0.3 is 0 Å². The summed E-state index contributed by atoms with van der Waals surface area (Å²) >= 11 is 0. The van der Waals surface area contributed by atoms with Gasteiger partial charge < -0.3 is 25.4 Å². The van der Waals surface area contributed by atoms with Crippen LogP contribution in [0.15, 0.2) is 35.1 Å². The average molecular weight is 581 g/mol. The van der Waals surface area contributed by atoms with Crippen molar-refractivity contribution in [1.82, 2.24) is 25.4 Å². The number of piperazine rings is 1. The Kier molecular flexibility index (Phi) is 9.15. The zero-order chi connectivity index (χ0) is 30.0. The number of H-pyrrole nitrogens is 1. The maximum atomic E-state index is 14.0. The highest BCUT2D eigenvalue weighted by molar-refractivity contribution is 5.97. The first-order valence-electron chi connectivity index (χ1n) is 15.2. The van der Waals surface area contributed by atoms with Crippen molar-refractivity contribution < 1.29 is 14.0 Å². The van der Waals surface area contributed by atoms with E-state index in [1.54, 1.807) is 19.2 Å². The monoisotopic (exact) mass is 580 g/mol. The van der Waals surface area contributed by atoms with Crippen LogP contribution in [0.1, 0.15) is 56.9 Å². The minimum Gasteiger partial charge on any atom is -0.359 e. The van der Waals surface area contributed by atoms with E-state index in [9.17, 15) is 18.8 Å². The highest BCUT2D eigenvalue weighted by Crippen LogP contribution is 2.39. The average Bonchev–Trinajstić information content (AvgIpc) is 3.22. The van der Waals surface area contributed by atoms with Crippen molar-refractivity contribution in [2.75, 3.05) is 57.8 Å². The summed E-state index contributed by atoms with van der Waals surface area (Å²) in [7, 11) is 1.69. The van der Waals surface area contributed by atoms with E-state index < -0.39 is 0 Å². The molecule has 1 aromatic heterocycles. The molecule has 228 valence electrons. The predicted octanol–water partition coefficient (Wildman–Crippen LogP) is 2.24. The van der Waals surface area contributed by atoms with Gasteiger partial charge in [0.05, 0.1) is 12.2 Å². The number of carbonyl (C=O) groups is 2. The fraction of sp³-hybridized carbons (Fsp3) is 0.594. The fourth-order valence-electron chi connectivity index (χ4n) is 6.72. The van der Waals surface area contributed by atoms with Gasteiger partial charge in [-0.2, -0.15) is 0 Å². The molecule has 3 aliphatic heterocycles. The lowest BCUT2D eigenvalue weighted by atomic mass is 9.91. The van der Waals surface area contributed by atoms with Crippen molar-refractivity contribution in [1.29, 1.82) is 0 Å². The fourth-order valence-corrected chi connectivity index (χ4v) is 6.72. The maximum absolute atomic E-state index is 14.0. The molecule has 5 rings (SSSR count). The molecule has 0 radical (unpaired) electrons. The standard InChI is InChI=1S/C32H45FN6O3/c1-21-17-38(26(16-35-21)18-37-11-9-23(10-12-37)14-28(40)34-4)19-29(41)39-20-32(2,3)30-27(39)15-24(31(42)36-30)13-22-5-7-25(33)8-6-22/h5-8,15,21,23,26,35H,9-14,16-20H2,1-4H3,(H,34,40)(H,36,42)/t21-,26-/m1/s1. The second kappa shape index (κ2) is 12.7. The number of halogens is 1. The van der Waals surface area contributed by atoms with E-state index in [1.807, 2.05) is 11.0 Å². The van der Waals surface area contributed by atoms with Crippen LogP contribution in [0.3, 0.4) is 0 Å². The number of anilines is 1. The number of pyridine rings is 1. The molecule has 0 saturated carbocycles. The van der Waals surface area contributed by atoms with Crippen LogP contribution < -0.4 is 21.1 Å². The predicted molar refractivity (Wildman–Crippen MR) is 162 cm³/mol. The Balaban J connectivity index is 1.28. The van der Waals surface area contributed by atoms with Crippen molar-refractivity contribution in [3.05, 3.63) is 63.3 Å². The van der Waals surface area contributed by atoms with Crippen LogP contribution in [0.2, 0.25) is 0 Å². The number of benzene rings is 1. The van der Waals surface area contributed by atoms with E-state index >= 15 is 0 Å². The number of carbonyl (C=O) groups excluding carboxylic acids is 2. The molecule has 4 heterocycles. The Morgan fingerprint density at radius 3 is 2.55 bits per heavy atom. The summed E-state index contributed by atoms with van der Waals surface area (Å²) in [5.41, 5.74) is 2.40. The second-order valence-electron chi connectivity index (χ2n) is 13.1. The molecule has 1 aromatic carbocycles. The van der Waals surface area contributed by atoms with Gasteiger partial charge in [0, 0.05) is 74.8 Å². The number of nitrogens with zero attached hydrogens (tertiary/aromatic N) is 3. The van der Waals surface area contributed by atoms with Gasteiger partial charge in [0.25, 0.3) is 5.56 Å². The quantitative estimate of drug-likeness (QED) is 0.443. The zero-order valence-corrected chi connectivity index (χ0v) is 25.3. The van der Waals surface area contributed by atoms with Gasteiger partial charge in [-0.15, -0.1) is 0 Å². The first-order valence-corrected chi connectivity index (χ1v) is 15.2. The number of aromatic nitrogens is 1. The summed E-state index contributed by atoms with van der Waals surface area (Å²) in [5.74, 6) is 0.263. The Labute approximate surface area is 247 Å². The normalized spacial score (nSPS) is 23.1. The third-order valence-electron chi connectivity index (χ3n) is 9.22. The number of aromatic amines is 1. The van der Waals surface area contributed by atoms with E-state index in [-0.39, 0.29) is 40.7 Å². The molecule has 0 bridgehead atoms. The Morgan fingerprint density at radius 1 is 1.14 bits per heavy atom. The SMILES string of the molecule is CNC(=O)CC1CCN(C[C@H]2CN[C@H](C)CN2CC(=O)N2CC(C)(C)c3[nH]c(=O)c(Cc4ccc(F)cc4)cc32)CC1. The highest BCUT2D eigenvalue weighted by atomic mass is 19.1. The molecule has 0 aliphatic carbocycles. The lowest BCUT2D eigenvalue weighted by molar-refractivity contribution is -0.122. The number of hydrogen-bond donors (Lipinski definition) is 3. The van der Waals surface area contributed by atoms with E-state index in [4.69, 9.17) is 0 Å². The molecule has 2 fully saturated rings. The van der Waals surface area contributed by atoms with Gasteiger partial charge in [0.15, 0.2) is 0 Å². The molecule has 2 atom stereocenters. The largest absolute Gasteiger partial charge is 0.359 e. The topological polar surface area (TPSA) is 101 Å². The van der Waals surface area contributed by atoms with Crippen LogP contribution in [-0.4, -0.2) is 91.5 Å². The zero-order valence-electron chi connectivity index (χ0n) is 25.3. The van der Waals surface area contributed by atoms with Gasteiger partial charge in [0.1, 0.15) is 5.82 Å². The van der Waals surface area contributed by atoms with E-state index in [0.717, 1.165) is 62.5 Å². The molecular weight excluding hydrogens is 535 g/mol. The molecule has 9 nitrogen and oxygen atoms in total. The van der Waals surface area contributed by atoms with E-state index in [0.29, 0.717) is 37.4 Å². The third kappa shape index (κ3) is 6.93. The van der Waals surface area contributed by atoms with Gasteiger partial charge in [-0.1, -0.05) is 26.0 Å².